The first-order chi connectivity index (χ1) is 6.83. The van der Waals surface area contributed by atoms with E-state index in [9.17, 15) is 4.39 Å². The zero-order valence-corrected chi connectivity index (χ0v) is 8.17. The van der Waals surface area contributed by atoms with E-state index in [1.54, 1.807) is 12.1 Å². The van der Waals surface area contributed by atoms with Crippen LogP contribution in [0.1, 0.15) is 18.4 Å². The molecular weight excluding hydrogens is 181 g/mol. The fourth-order valence-corrected chi connectivity index (χ4v) is 1.20. The number of nitrogens with one attached hydrogen (secondary N) is 1. The normalized spacial score (nSPS) is 10.4. The average molecular weight is 197 g/mol. The van der Waals surface area contributed by atoms with Crippen LogP contribution in [0.2, 0.25) is 0 Å². The number of benzene rings is 1. The second-order valence-corrected chi connectivity index (χ2v) is 3.23. The van der Waals surface area contributed by atoms with E-state index >= 15 is 0 Å². The van der Waals surface area contributed by atoms with Crippen LogP contribution in [-0.2, 0) is 6.54 Å². The lowest BCUT2D eigenvalue weighted by Gasteiger charge is -2.03. The molecule has 0 amide bonds. The molecule has 0 aromatic heterocycles. The Bertz CT molecular complexity index is 248. The molecule has 3 heteroatoms. The summed E-state index contributed by atoms with van der Waals surface area (Å²) in [5.74, 6) is -0.200. The molecule has 0 fully saturated rings. The monoisotopic (exact) mass is 197 g/mol. The van der Waals surface area contributed by atoms with Crippen molar-refractivity contribution in [1.29, 1.82) is 0 Å². The van der Waals surface area contributed by atoms with Crippen molar-refractivity contribution >= 4 is 0 Å². The maximum Gasteiger partial charge on any atom is 0.123 e. The van der Waals surface area contributed by atoms with Crippen molar-refractivity contribution < 1.29 is 9.50 Å². The number of rotatable bonds is 6. The lowest BCUT2D eigenvalue weighted by molar-refractivity contribution is 0.283. The Kier molecular flexibility index (Phi) is 5.19. The van der Waals surface area contributed by atoms with Gasteiger partial charge in [0.15, 0.2) is 0 Å². The molecule has 0 bridgehead atoms. The predicted molar refractivity (Wildman–Crippen MR) is 54.4 cm³/mol. The lowest BCUT2D eigenvalue weighted by Crippen LogP contribution is -2.14. The van der Waals surface area contributed by atoms with Crippen molar-refractivity contribution in [3.05, 3.63) is 35.6 Å². The first-order valence-electron chi connectivity index (χ1n) is 4.89. The standard InChI is InChI=1S/C11H16FNO/c12-11-5-3-10(4-6-11)9-13-7-1-2-8-14/h3-6,13-14H,1-2,7-9H2. The average Bonchev–Trinajstić information content (AvgIpc) is 2.21. The lowest BCUT2D eigenvalue weighted by atomic mass is 10.2. The molecule has 78 valence electrons. The summed E-state index contributed by atoms with van der Waals surface area (Å²) in [5.41, 5.74) is 1.08. The van der Waals surface area contributed by atoms with E-state index in [-0.39, 0.29) is 12.4 Å². The maximum atomic E-state index is 12.5. The van der Waals surface area contributed by atoms with Crippen molar-refractivity contribution in [3.8, 4) is 0 Å². The van der Waals surface area contributed by atoms with Crippen LogP contribution in [0.15, 0.2) is 24.3 Å². The van der Waals surface area contributed by atoms with E-state index in [1.807, 2.05) is 0 Å². The smallest absolute Gasteiger partial charge is 0.123 e. The number of halogens is 1. The molecule has 1 aromatic rings. The van der Waals surface area contributed by atoms with E-state index in [0.717, 1.165) is 31.5 Å². The third kappa shape index (κ3) is 4.35. The molecule has 0 radical (unpaired) electrons. The van der Waals surface area contributed by atoms with Crippen LogP contribution >= 0.6 is 0 Å². The van der Waals surface area contributed by atoms with Gasteiger partial charge in [0.05, 0.1) is 0 Å². The van der Waals surface area contributed by atoms with Crippen molar-refractivity contribution in [2.45, 2.75) is 19.4 Å². The highest BCUT2D eigenvalue weighted by Gasteiger charge is 1.93. The third-order valence-electron chi connectivity index (χ3n) is 2.00. The van der Waals surface area contributed by atoms with Crippen molar-refractivity contribution in [2.24, 2.45) is 0 Å². The Morgan fingerprint density at radius 3 is 2.50 bits per heavy atom. The van der Waals surface area contributed by atoms with Gasteiger partial charge < -0.3 is 10.4 Å². The summed E-state index contributed by atoms with van der Waals surface area (Å²) in [6.45, 7) is 1.89. The highest BCUT2D eigenvalue weighted by atomic mass is 19.1. The number of hydrogen-bond donors (Lipinski definition) is 2. The Balaban J connectivity index is 2.15. The van der Waals surface area contributed by atoms with E-state index in [1.165, 1.54) is 12.1 Å². The molecule has 2 nitrogen and oxygen atoms in total. The van der Waals surface area contributed by atoms with Gasteiger partial charge in [-0.2, -0.15) is 0 Å². The Morgan fingerprint density at radius 1 is 1.14 bits per heavy atom. The van der Waals surface area contributed by atoms with Crippen molar-refractivity contribution in [2.75, 3.05) is 13.2 Å². The molecule has 0 saturated carbocycles. The number of aliphatic hydroxyl groups excluding tert-OH is 1. The minimum atomic E-state index is -0.200. The van der Waals surface area contributed by atoms with Crippen LogP contribution in [0.5, 0.6) is 0 Å². The summed E-state index contributed by atoms with van der Waals surface area (Å²) < 4.78 is 12.5. The molecule has 0 saturated heterocycles. The molecule has 0 heterocycles. The summed E-state index contributed by atoms with van der Waals surface area (Å²) in [6.07, 6.45) is 1.80. The second-order valence-electron chi connectivity index (χ2n) is 3.23. The van der Waals surface area contributed by atoms with Gasteiger partial charge >= 0.3 is 0 Å². The second kappa shape index (κ2) is 6.51. The highest BCUT2D eigenvalue weighted by molar-refractivity contribution is 5.15. The molecule has 1 rings (SSSR count). The molecule has 2 N–H and O–H groups in total. The van der Waals surface area contributed by atoms with Crippen LogP contribution in [0, 0.1) is 5.82 Å². The fourth-order valence-electron chi connectivity index (χ4n) is 1.20. The van der Waals surface area contributed by atoms with Crippen molar-refractivity contribution in [3.63, 3.8) is 0 Å². The van der Waals surface area contributed by atoms with Gasteiger partial charge in [0.2, 0.25) is 0 Å². The summed E-state index contributed by atoms with van der Waals surface area (Å²) in [6, 6.07) is 6.47. The van der Waals surface area contributed by atoms with E-state index in [4.69, 9.17) is 5.11 Å². The summed E-state index contributed by atoms with van der Waals surface area (Å²) in [5, 5.41) is 11.8. The Labute approximate surface area is 83.8 Å². The number of aliphatic hydroxyl groups is 1. The van der Waals surface area contributed by atoms with Gasteiger partial charge in [-0.1, -0.05) is 12.1 Å². The van der Waals surface area contributed by atoms with Gasteiger partial charge in [-0.15, -0.1) is 0 Å². The van der Waals surface area contributed by atoms with Crippen LogP contribution in [0.25, 0.3) is 0 Å². The zero-order chi connectivity index (χ0) is 10.2. The molecule has 0 atom stereocenters. The Morgan fingerprint density at radius 2 is 1.86 bits per heavy atom. The largest absolute Gasteiger partial charge is 0.396 e. The molecule has 0 aliphatic rings. The molecule has 14 heavy (non-hydrogen) atoms. The van der Waals surface area contributed by atoms with E-state index in [2.05, 4.69) is 5.32 Å². The molecule has 0 aliphatic carbocycles. The fraction of sp³-hybridized carbons (Fsp3) is 0.455. The summed E-state index contributed by atoms with van der Waals surface area (Å²) in [4.78, 5) is 0. The quantitative estimate of drug-likeness (QED) is 0.680. The minimum absolute atomic E-state index is 0.200. The minimum Gasteiger partial charge on any atom is -0.396 e. The molecule has 1 aromatic carbocycles. The molecule has 0 spiro atoms. The SMILES string of the molecule is OCCCCNCc1ccc(F)cc1. The van der Waals surface area contributed by atoms with Crippen LogP contribution in [0.4, 0.5) is 4.39 Å². The van der Waals surface area contributed by atoms with Gasteiger partial charge in [-0.25, -0.2) is 4.39 Å². The van der Waals surface area contributed by atoms with Crippen LogP contribution in [0.3, 0.4) is 0 Å². The summed E-state index contributed by atoms with van der Waals surface area (Å²) in [7, 11) is 0. The maximum absolute atomic E-state index is 12.5. The van der Waals surface area contributed by atoms with Crippen molar-refractivity contribution in [1.82, 2.24) is 5.32 Å². The van der Waals surface area contributed by atoms with Gasteiger partial charge in [0.1, 0.15) is 5.82 Å². The third-order valence-corrected chi connectivity index (χ3v) is 2.00. The van der Waals surface area contributed by atoms with Gasteiger partial charge in [-0.05, 0) is 37.1 Å². The topological polar surface area (TPSA) is 32.3 Å². The van der Waals surface area contributed by atoms with Crippen LogP contribution in [-0.4, -0.2) is 18.3 Å². The molecular formula is C11H16FNO. The summed E-state index contributed by atoms with van der Waals surface area (Å²) >= 11 is 0. The number of unbranched alkanes of at least 4 members (excludes halogenated alkanes) is 1. The van der Waals surface area contributed by atoms with Gasteiger partial charge in [0, 0.05) is 13.2 Å². The zero-order valence-electron chi connectivity index (χ0n) is 8.17. The van der Waals surface area contributed by atoms with E-state index < -0.39 is 0 Å². The number of hydrogen-bond acceptors (Lipinski definition) is 2. The highest BCUT2D eigenvalue weighted by Crippen LogP contribution is 2.01. The van der Waals surface area contributed by atoms with E-state index in [0.29, 0.717) is 0 Å². The predicted octanol–water partition coefficient (Wildman–Crippen LogP) is 1.69. The first kappa shape index (κ1) is 11.1. The van der Waals surface area contributed by atoms with Gasteiger partial charge in [-0.3, -0.25) is 0 Å². The molecule has 0 unspecified atom stereocenters. The van der Waals surface area contributed by atoms with Crippen LogP contribution < -0.4 is 5.32 Å². The Hall–Kier alpha value is -0.930. The molecule has 0 aliphatic heterocycles. The first-order valence-corrected chi connectivity index (χ1v) is 4.89. The van der Waals surface area contributed by atoms with Gasteiger partial charge in [0.25, 0.3) is 0 Å².